The zero-order valence-corrected chi connectivity index (χ0v) is 15.1. The van der Waals surface area contributed by atoms with Gasteiger partial charge >= 0.3 is 0 Å². The summed E-state index contributed by atoms with van der Waals surface area (Å²) in [4.78, 5) is 16.3. The highest BCUT2D eigenvalue weighted by atomic mass is 19.1. The standard InChI is InChI=1S/C21H18F2N4O/c22-17-5-1-15(2-6-17)19-9-10-20(25-24-19)26-11-13-27(14-12-26)21(28)16-3-7-18(23)8-4-16/h1-10H,11-14H2. The quantitative estimate of drug-likeness (QED) is 0.699. The zero-order chi connectivity index (χ0) is 19.5. The van der Waals surface area contributed by atoms with E-state index in [-0.39, 0.29) is 17.5 Å². The van der Waals surface area contributed by atoms with Crippen LogP contribution in [0.4, 0.5) is 14.6 Å². The van der Waals surface area contributed by atoms with Crippen LogP contribution in [0.15, 0.2) is 60.7 Å². The second-order valence-electron chi connectivity index (χ2n) is 6.57. The summed E-state index contributed by atoms with van der Waals surface area (Å²) in [5, 5.41) is 8.51. The van der Waals surface area contributed by atoms with Crippen molar-refractivity contribution in [1.82, 2.24) is 15.1 Å². The van der Waals surface area contributed by atoms with Gasteiger partial charge in [0, 0.05) is 37.3 Å². The van der Waals surface area contributed by atoms with E-state index in [1.54, 1.807) is 17.0 Å². The maximum absolute atomic E-state index is 13.0. The number of carbonyl (C=O) groups is 1. The van der Waals surface area contributed by atoms with Crippen LogP contribution >= 0.6 is 0 Å². The molecule has 1 amide bonds. The molecule has 28 heavy (non-hydrogen) atoms. The van der Waals surface area contributed by atoms with Crippen molar-refractivity contribution >= 4 is 11.7 Å². The van der Waals surface area contributed by atoms with E-state index in [9.17, 15) is 13.6 Å². The third-order valence-corrected chi connectivity index (χ3v) is 4.77. The normalized spacial score (nSPS) is 14.2. The molecule has 0 aliphatic carbocycles. The molecule has 0 atom stereocenters. The molecule has 5 nitrogen and oxygen atoms in total. The predicted molar refractivity (Wildman–Crippen MR) is 102 cm³/mol. The second-order valence-corrected chi connectivity index (χ2v) is 6.57. The Morgan fingerprint density at radius 3 is 1.93 bits per heavy atom. The van der Waals surface area contributed by atoms with Crippen LogP contribution in [0.25, 0.3) is 11.3 Å². The number of hydrogen-bond donors (Lipinski definition) is 0. The van der Waals surface area contributed by atoms with Gasteiger partial charge in [-0.2, -0.15) is 0 Å². The number of amides is 1. The Morgan fingerprint density at radius 2 is 1.36 bits per heavy atom. The fourth-order valence-electron chi connectivity index (χ4n) is 3.18. The van der Waals surface area contributed by atoms with Gasteiger partial charge in [0.2, 0.25) is 0 Å². The van der Waals surface area contributed by atoms with E-state index in [0.29, 0.717) is 37.4 Å². The Balaban J connectivity index is 1.39. The van der Waals surface area contributed by atoms with Crippen LogP contribution in [0.3, 0.4) is 0 Å². The summed E-state index contributed by atoms with van der Waals surface area (Å²) in [6, 6.07) is 15.4. The number of anilines is 1. The van der Waals surface area contributed by atoms with Crippen LogP contribution in [-0.2, 0) is 0 Å². The van der Waals surface area contributed by atoms with Crippen molar-refractivity contribution in [2.45, 2.75) is 0 Å². The number of benzene rings is 2. The minimum absolute atomic E-state index is 0.0996. The summed E-state index contributed by atoms with van der Waals surface area (Å²) in [6.07, 6.45) is 0. The number of rotatable bonds is 3. The van der Waals surface area contributed by atoms with Gasteiger partial charge in [-0.1, -0.05) is 0 Å². The SMILES string of the molecule is O=C(c1ccc(F)cc1)N1CCN(c2ccc(-c3ccc(F)cc3)nn2)CC1. The molecule has 1 saturated heterocycles. The van der Waals surface area contributed by atoms with Crippen LogP contribution < -0.4 is 4.90 Å². The number of piperazine rings is 1. The molecule has 142 valence electrons. The first-order valence-corrected chi connectivity index (χ1v) is 8.99. The maximum atomic E-state index is 13.0. The highest BCUT2D eigenvalue weighted by Crippen LogP contribution is 2.20. The number of aromatic nitrogens is 2. The molecule has 0 bridgehead atoms. The number of carbonyl (C=O) groups excluding carboxylic acids is 1. The summed E-state index contributed by atoms with van der Waals surface area (Å²) in [5.41, 5.74) is 1.96. The van der Waals surface area contributed by atoms with Gasteiger partial charge in [-0.15, -0.1) is 10.2 Å². The summed E-state index contributed by atoms with van der Waals surface area (Å²) >= 11 is 0. The topological polar surface area (TPSA) is 49.3 Å². The summed E-state index contributed by atoms with van der Waals surface area (Å²) in [5.74, 6) is -0.0115. The van der Waals surface area contributed by atoms with Gasteiger partial charge in [-0.3, -0.25) is 4.79 Å². The predicted octanol–water partition coefficient (Wildman–Crippen LogP) is 3.38. The lowest BCUT2D eigenvalue weighted by Gasteiger charge is -2.35. The lowest BCUT2D eigenvalue weighted by Crippen LogP contribution is -2.49. The van der Waals surface area contributed by atoms with Crippen molar-refractivity contribution in [3.8, 4) is 11.3 Å². The Morgan fingerprint density at radius 1 is 0.750 bits per heavy atom. The molecule has 0 N–H and O–H groups in total. The van der Waals surface area contributed by atoms with E-state index in [0.717, 1.165) is 11.4 Å². The van der Waals surface area contributed by atoms with Gasteiger partial charge in [-0.05, 0) is 60.7 Å². The molecule has 7 heteroatoms. The van der Waals surface area contributed by atoms with Crippen molar-refractivity contribution in [3.63, 3.8) is 0 Å². The van der Waals surface area contributed by atoms with Gasteiger partial charge in [0.05, 0.1) is 5.69 Å². The van der Waals surface area contributed by atoms with Gasteiger partial charge in [0.25, 0.3) is 5.91 Å². The Labute approximate surface area is 161 Å². The first kappa shape index (κ1) is 18.0. The molecule has 1 fully saturated rings. The molecular weight excluding hydrogens is 362 g/mol. The Kier molecular flexibility index (Phi) is 4.97. The number of hydrogen-bond acceptors (Lipinski definition) is 4. The van der Waals surface area contributed by atoms with E-state index < -0.39 is 0 Å². The summed E-state index contributed by atoms with van der Waals surface area (Å²) in [7, 11) is 0. The minimum Gasteiger partial charge on any atom is -0.352 e. The Bertz CT molecular complexity index is 951. The number of nitrogens with zero attached hydrogens (tertiary/aromatic N) is 4. The van der Waals surface area contributed by atoms with Crippen LogP contribution in [0.2, 0.25) is 0 Å². The van der Waals surface area contributed by atoms with Gasteiger partial charge in [0.15, 0.2) is 5.82 Å². The molecule has 2 aromatic carbocycles. The third-order valence-electron chi connectivity index (χ3n) is 4.77. The second kappa shape index (κ2) is 7.72. The molecule has 0 unspecified atom stereocenters. The molecule has 1 aliphatic rings. The molecule has 0 spiro atoms. The molecule has 1 aromatic heterocycles. The number of halogens is 2. The summed E-state index contributed by atoms with van der Waals surface area (Å²) in [6.45, 7) is 2.38. The van der Waals surface area contributed by atoms with Crippen molar-refractivity contribution < 1.29 is 13.6 Å². The average Bonchev–Trinajstić information content (AvgIpc) is 2.75. The van der Waals surface area contributed by atoms with Gasteiger partial charge in [-0.25, -0.2) is 8.78 Å². The monoisotopic (exact) mass is 380 g/mol. The van der Waals surface area contributed by atoms with Crippen LogP contribution in [0.5, 0.6) is 0 Å². The largest absolute Gasteiger partial charge is 0.352 e. The van der Waals surface area contributed by atoms with Crippen LogP contribution in [-0.4, -0.2) is 47.2 Å². The van der Waals surface area contributed by atoms with Crippen molar-refractivity contribution in [3.05, 3.63) is 77.9 Å². The van der Waals surface area contributed by atoms with Crippen molar-refractivity contribution in [2.24, 2.45) is 0 Å². The van der Waals surface area contributed by atoms with Crippen molar-refractivity contribution in [1.29, 1.82) is 0 Å². The first-order valence-electron chi connectivity index (χ1n) is 8.99. The van der Waals surface area contributed by atoms with Crippen LogP contribution in [0.1, 0.15) is 10.4 Å². The smallest absolute Gasteiger partial charge is 0.253 e. The Hall–Kier alpha value is -3.35. The maximum Gasteiger partial charge on any atom is 0.253 e. The van der Waals surface area contributed by atoms with Crippen LogP contribution in [0, 0.1) is 11.6 Å². The molecule has 1 aliphatic heterocycles. The molecule has 0 radical (unpaired) electrons. The van der Waals surface area contributed by atoms with E-state index in [2.05, 4.69) is 15.1 Å². The van der Waals surface area contributed by atoms with Crippen molar-refractivity contribution in [2.75, 3.05) is 31.1 Å². The van der Waals surface area contributed by atoms with E-state index in [4.69, 9.17) is 0 Å². The first-order chi connectivity index (χ1) is 13.6. The van der Waals surface area contributed by atoms with E-state index in [1.807, 2.05) is 12.1 Å². The molecule has 0 saturated carbocycles. The molecule has 2 heterocycles. The average molecular weight is 380 g/mol. The van der Waals surface area contributed by atoms with E-state index in [1.165, 1.54) is 36.4 Å². The van der Waals surface area contributed by atoms with Gasteiger partial charge in [0.1, 0.15) is 11.6 Å². The lowest BCUT2D eigenvalue weighted by molar-refractivity contribution is 0.0746. The minimum atomic E-state index is -0.357. The fourth-order valence-corrected chi connectivity index (χ4v) is 3.18. The third kappa shape index (κ3) is 3.83. The lowest BCUT2D eigenvalue weighted by atomic mass is 10.1. The highest BCUT2D eigenvalue weighted by molar-refractivity contribution is 5.94. The zero-order valence-electron chi connectivity index (χ0n) is 15.1. The molecular formula is C21H18F2N4O. The summed E-state index contributed by atoms with van der Waals surface area (Å²) < 4.78 is 26.1. The van der Waals surface area contributed by atoms with E-state index >= 15 is 0 Å². The molecule has 4 rings (SSSR count). The van der Waals surface area contributed by atoms with Gasteiger partial charge < -0.3 is 9.80 Å². The fraction of sp³-hybridized carbons (Fsp3) is 0.190. The molecule has 3 aromatic rings. The highest BCUT2D eigenvalue weighted by Gasteiger charge is 2.23.